The maximum Gasteiger partial charge on any atom is 0.143 e. The molecular formula is C52H34N2O. The van der Waals surface area contributed by atoms with Crippen molar-refractivity contribution in [2.75, 3.05) is 4.90 Å². The third-order valence-corrected chi connectivity index (χ3v) is 11.0. The van der Waals surface area contributed by atoms with Crippen molar-refractivity contribution < 1.29 is 4.42 Å². The van der Waals surface area contributed by atoms with E-state index < -0.39 is 0 Å². The topological polar surface area (TPSA) is 21.3 Å². The molecule has 0 N–H and O–H groups in total. The largest absolute Gasteiger partial charge is 0.455 e. The van der Waals surface area contributed by atoms with Gasteiger partial charge in [-0.15, -0.1) is 0 Å². The van der Waals surface area contributed by atoms with Crippen LogP contribution in [-0.2, 0) is 0 Å². The molecule has 0 aliphatic heterocycles. The van der Waals surface area contributed by atoms with Crippen molar-refractivity contribution in [1.29, 1.82) is 0 Å². The number of rotatable bonds is 6. The molecule has 0 amide bonds. The first-order valence-corrected chi connectivity index (χ1v) is 18.8. The quantitative estimate of drug-likeness (QED) is 0.172. The summed E-state index contributed by atoms with van der Waals surface area (Å²) in [5.41, 5.74) is 13.3. The second-order valence-corrected chi connectivity index (χ2v) is 14.1. The molecule has 0 unspecified atom stereocenters. The van der Waals surface area contributed by atoms with Crippen molar-refractivity contribution in [3.8, 4) is 27.9 Å². The molecule has 0 atom stereocenters. The number of benzene rings is 9. The van der Waals surface area contributed by atoms with Gasteiger partial charge in [-0.05, 0) is 94.4 Å². The van der Waals surface area contributed by atoms with Crippen LogP contribution in [0.4, 0.5) is 17.1 Å². The first-order chi connectivity index (χ1) is 27.3. The predicted molar refractivity (Wildman–Crippen MR) is 231 cm³/mol. The molecule has 0 aliphatic carbocycles. The second kappa shape index (κ2) is 12.6. The Morgan fingerprint density at radius 3 is 1.71 bits per heavy atom. The van der Waals surface area contributed by atoms with Gasteiger partial charge in [-0.3, -0.25) is 0 Å². The van der Waals surface area contributed by atoms with Gasteiger partial charge < -0.3 is 13.9 Å². The van der Waals surface area contributed by atoms with Crippen molar-refractivity contribution >= 4 is 71.6 Å². The molecule has 3 heteroatoms. The van der Waals surface area contributed by atoms with E-state index in [-0.39, 0.29) is 0 Å². The van der Waals surface area contributed by atoms with Gasteiger partial charge in [0.25, 0.3) is 0 Å². The average molecular weight is 703 g/mol. The highest BCUT2D eigenvalue weighted by Gasteiger charge is 2.18. The molecule has 9 aromatic carbocycles. The molecule has 0 saturated heterocycles. The molecule has 3 nitrogen and oxygen atoms in total. The molecule has 0 spiro atoms. The summed E-state index contributed by atoms with van der Waals surface area (Å²) in [6.45, 7) is 0. The Balaban J connectivity index is 1.05. The number of aromatic nitrogens is 1. The molecule has 11 rings (SSSR count). The number of furan rings is 1. The van der Waals surface area contributed by atoms with E-state index in [0.29, 0.717) is 0 Å². The summed E-state index contributed by atoms with van der Waals surface area (Å²) in [6.07, 6.45) is 0. The number of para-hydroxylation sites is 2. The smallest absolute Gasteiger partial charge is 0.143 e. The SMILES string of the molecule is c1ccc(-c2ccc(N(c3ccc(-c4cccc5oc6c7ccccc7ccc6c45)cc3)c3cccc(-n4c5ccccc5c5ccccc54)c3)cc2)cc1. The number of nitrogens with zero attached hydrogens (tertiary/aromatic N) is 2. The molecule has 55 heavy (non-hydrogen) atoms. The standard InChI is InChI=1S/C52H34N2O/c1-2-12-35(13-3-1)36-24-29-39(30-25-36)53(41-15-10-16-42(34-41)54-48-21-8-6-18-45(48)46-19-7-9-22-49(46)54)40-31-26-38(27-32-40)43-20-11-23-50-51(43)47-33-28-37-14-4-5-17-44(37)52(47)55-50/h1-34H. The van der Waals surface area contributed by atoms with Crippen LogP contribution in [0.25, 0.3) is 82.5 Å². The van der Waals surface area contributed by atoms with E-state index in [1.165, 1.54) is 38.3 Å². The van der Waals surface area contributed by atoms with Crippen LogP contribution in [0.2, 0.25) is 0 Å². The minimum Gasteiger partial charge on any atom is -0.455 e. The Hall–Kier alpha value is -7.36. The Morgan fingerprint density at radius 2 is 0.982 bits per heavy atom. The fraction of sp³-hybridized carbons (Fsp3) is 0. The van der Waals surface area contributed by atoms with Crippen LogP contribution in [0.1, 0.15) is 0 Å². The zero-order chi connectivity index (χ0) is 36.3. The van der Waals surface area contributed by atoms with Gasteiger partial charge in [-0.25, -0.2) is 0 Å². The van der Waals surface area contributed by atoms with Gasteiger partial charge in [0, 0.05) is 49.7 Å². The number of hydrogen-bond donors (Lipinski definition) is 0. The molecular weight excluding hydrogens is 669 g/mol. The maximum atomic E-state index is 6.53. The van der Waals surface area contributed by atoms with Crippen LogP contribution in [0.15, 0.2) is 211 Å². The van der Waals surface area contributed by atoms with Crippen LogP contribution in [0.3, 0.4) is 0 Å². The summed E-state index contributed by atoms with van der Waals surface area (Å²) in [7, 11) is 0. The fourth-order valence-electron chi connectivity index (χ4n) is 8.44. The minimum atomic E-state index is 0.898. The zero-order valence-electron chi connectivity index (χ0n) is 29.9. The Kier molecular flexibility index (Phi) is 7.17. The van der Waals surface area contributed by atoms with Gasteiger partial charge in [0.2, 0.25) is 0 Å². The minimum absolute atomic E-state index is 0.898. The highest BCUT2D eigenvalue weighted by atomic mass is 16.3. The first kappa shape index (κ1) is 31.2. The van der Waals surface area contributed by atoms with Gasteiger partial charge in [-0.1, -0.05) is 140 Å². The van der Waals surface area contributed by atoms with E-state index in [1.807, 2.05) is 0 Å². The summed E-state index contributed by atoms with van der Waals surface area (Å²) in [6, 6.07) is 73.9. The first-order valence-electron chi connectivity index (χ1n) is 18.8. The van der Waals surface area contributed by atoms with Crippen LogP contribution in [0.5, 0.6) is 0 Å². The van der Waals surface area contributed by atoms with E-state index in [1.54, 1.807) is 0 Å². The molecule has 11 aromatic rings. The van der Waals surface area contributed by atoms with Crippen molar-refractivity contribution in [2.24, 2.45) is 0 Å². The van der Waals surface area contributed by atoms with Gasteiger partial charge in [0.05, 0.1) is 11.0 Å². The van der Waals surface area contributed by atoms with Crippen molar-refractivity contribution in [1.82, 2.24) is 4.57 Å². The monoisotopic (exact) mass is 702 g/mol. The van der Waals surface area contributed by atoms with Crippen molar-refractivity contribution in [3.63, 3.8) is 0 Å². The lowest BCUT2D eigenvalue weighted by Gasteiger charge is -2.26. The van der Waals surface area contributed by atoms with Crippen LogP contribution in [-0.4, -0.2) is 4.57 Å². The van der Waals surface area contributed by atoms with Gasteiger partial charge >= 0.3 is 0 Å². The van der Waals surface area contributed by atoms with E-state index in [9.17, 15) is 0 Å². The van der Waals surface area contributed by atoms with Gasteiger partial charge in [-0.2, -0.15) is 0 Å². The maximum absolute atomic E-state index is 6.53. The lowest BCUT2D eigenvalue weighted by atomic mass is 9.98. The van der Waals surface area contributed by atoms with Gasteiger partial charge in [0.15, 0.2) is 0 Å². The van der Waals surface area contributed by atoms with E-state index in [0.717, 1.165) is 61.2 Å². The Labute approximate surface area is 318 Å². The number of hydrogen-bond acceptors (Lipinski definition) is 2. The molecule has 258 valence electrons. The third-order valence-electron chi connectivity index (χ3n) is 11.0. The summed E-state index contributed by atoms with van der Waals surface area (Å²) in [5.74, 6) is 0. The molecule has 2 heterocycles. The van der Waals surface area contributed by atoms with E-state index in [4.69, 9.17) is 4.42 Å². The van der Waals surface area contributed by atoms with Crippen molar-refractivity contribution in [3.05, 3.63) is 206 Å². The summed E-state index contributed by atoms with van der Waals surface area (Å²) in [4.78, 5) is 2.36. The number of fused-ring (bicyclic) bond motifs is 8. The van der Waals surface area contributed by atoms with E-state index >= 15 is 0 Å². The molecule has 0 bridgehead atoms. The molecule has 0 radical (unpaired) electrons. The van der Waals surface area contributed by atoms with Crippen molar-refractivity contribution in [2.45, 2.75) is 0 Å². The fourth-order valence-corrected chi connectivity index (χ4v) is 8.44. The summed E-state index contributed by atoms with van der Waals surface area (Å²) >= 11 is 0. The second-order valence-electron chi connectivity index (χ2n) is 14.1. The van der Waals surface area contributed by atoms with Crippen LogP contribution < -0.4 is 4.90 Å². The molecule has 0 fully saturated rings. The lowest BCUT2D eigenvalue weighted by Crippen LogP contribution is -2.10. The molecule has 2 aromatic heterocycles. The van der Waals surface area contributed by atoms with Crippen LogP contribution in [0, 0.1) is 0 Å². The van der Waals surface area contributed by atoms with E-state index in [2.05, 4.69) is 216 Å². The molecule has 0 saturated carbocycles. The highest BCUT2D eigenvalue weighted by Crippen LogP contribution is 2.42. The zero-order valence-corrected chi connectivity index (χ0v) is 29.9. The number of anilines is 3. The summed E-state index contributed by atoms with van der Waals surface area (Å²) < 4.78 is 8.91. The summed E-state index contributed by atoms with van der Waals surface area (Å²) in [5, 5.41) is 7.09. The Morgan fingerprint density at radius 1 is 0.382 bits per heavy atom. The normalized spacial score (nSPS) is 11.6. The van der Waals surface area contributed by atoms with Gasteiger partial charge in [0.1, 0.15) is 11.2 Å². The highest BCUT2D eigenvalue weighted by molar-refractivity contribution is 6.19. The average Bonchev–Trinajstić information content (AvgIpc) is 3.81. The van der Waals surface area contributed by atoms with Crippen LogP contribution >= 0.6 is 0 Å². The lowest BCUT2D eigenvalue weighted by molar-refractivity contribution is 0.673. The molecule has 0 aliphatic rings. The third kappa shape index (κ3) is 5.13. The predicted octanol–water partition coefficient (Wildman–Crippen LogP) is 14.6. The Bertz CT molecular complexity index is 3140.